The molecule has 2 rings (SSSR count). The van der Waals surface area contributed by atoms with Crippen molar-refractivity contribution in [2.75, 3.05) is 18.6 Å². The van der Waals surface area contributed by atoms with Crippen molar-refractivity contribution in [3.05, 3.63) is 42.5 Å². The molecule has 0 spiro atoms. The zero-order valence-electron chi connectivity index (χ0n) is 10.00. The van der Waals surface area contributed by atoms with Crippen molar-refractivity contribution in [2.24, 2.45) is 10.2 Å². The molecule has 0 saturated heterocycles. The maximum atomic E-state index is 5.78. The van der Waals surface area contributed by atoms with Crippen LogP contribution in [0.5, 0.6) is 5.75 Å². The topological polar surface area (TPSA) is 86.0 Å². The summed E-state index contributed by atoms with van der Waals surface area (Å²) in [6.07, 6.45) is 0. The van der Waals surface area contributed by atoms with Gasteiger partial charge in [-0.3, -0.25) is 0 Å². The predicted molar refractivity (Wildman–Crippen MR) is 72.4 cm³/mol. The molecule has 0 fully saturated rings. The quantitative estimate of drug-likeness (QED) is 0.639. The Balaban J connectivity index is 2.19. The van der Waals surface area contributed by atoms with Crippen LogP contribution in [0.1, 0.15) is 0 Å². The fourth-order valence-corrected chi connectivity index (χ4v) is 1.42. The van der Waals surface area contributed by atoms with E-state index in [1.807, 2.05) is 24.3 Å². The first-order valence-corrected chi connectivity index (χ1v) is 5.40. The Labute approximate surface area is 105 Å². The highest BCUT2D eigenvalue weighted by Gasteiger charge is 1.98. The fourth-order valence-electron chi connectivity index (χ4n) is 1.42. The maximum Gasteiger partial charge on any atom is 0.119 e. The minimum absolute atomic E-state index is 0.507. The van der Waals surface area contributed by atoms with Gasteiger partial charge in [-0.25, -0.2) is 0 Å². The molecule has 0 bridgehead atoms. The number of rotatable bonds is 3. The van der Waals surface area contributed by atoms with Gasteiger partial charge in [0.1, 0.15) is 11.4 Å². The van der Waals surface area contributed by atoms with Gasteiger partial charge in [-0.2, -0.15) is 5.11 Å². The molecule has 2 aromatic carbocycles. The van der Waals surface area contributed by atoms with Crippen LogP contribution >= 0.6 is 0 Å². The summed E-state index contributed by atoms with van der Waals surface area (Å²) in [5.74, 6) is 0.779. The average molecular weight is 242 g/mol. The summed E-state index contributed by atoms with van der Waals surface area (Å²) in [6.45, 7) is 0. The van der Waals surface area contributed by atoms with Crippen LogP contribution in [0.25, 0.3) is 0 Å². The van der Waals surface area contributed by atoms with Crippen LogP contribution in [0.2, 0.25) is 0 Å². The number of hydrogen-bond donors (Lipinski definition) is 2. The molecule has 0 unspecified atom stereocenters. The Morgan fingerprint density at radius 3 is 2.28 bits per heavy atom. The number of nitrogens with two attached hydrogens (primary N) is 2. The van der Waals surface area contributed by atoms with Crippen molar-refractivity contribution in [1.29, 1.82) is 0 Å². The lowest BCUT2D eigenvalue weighted by Crippen LogP contribution is -1.89. The van der Waals surface area contributed by atoms with E-state index in [2.05, 4.69) is 10.2 Å². The van der Waals surface area contributed by atoms with Crippen molar-refractivity contribution in [1.82, 2.24) is 0 Å². The van der Waals surface area contributed by atoms with Crippen LogP contribution in [0.4, 0.5) is 22.7 Å². The molecule has 0 saturated carbocycles. The zero-order valence-corrected chi connectivity index (χ0v) is 10.00. The summed E-state index contributed by atoms with van der Waals surface area (Å²) in [5, 5.41) is 8.17. The SMILES string of the molecule is COc1ccc(/N=N/c2ccc(N)cc2N)cc1. The van der Waals surface area contributed by atoms with E-state index in [4.69, 9.17) is 16.2 Å². The van der Waals surface area contributed by atoms with Gasteiger partial charge in [0.15, 0.2) is 0 Å². The molecule has 92 valence electrons. The molecule has 0 amide bonds. The summed E-state index contributed by atoms with van der Waals surface area (Å²) in [5.41, 5.74) is 13.8. The fraction of sp³-hybridized carbons (Fsp3) is 0.0769. The molecule has 2 aromatic rings. The Morgan fingerprint density at radius 2 is 1.67 bits per heavy atom. The van der Waals surface area contributed by atoms with Crippen molar-refractivity contribution in [3.63, 3.8) is 0 Å². The molecular weight excluding hydrogens is 228 g/mol. The summed E-state index contributed by atoms with van der Waals surface area (Å²) >= 11 is 0. The van der Waals surface area contributed by atoms with Crippen molar-refractivity contribution >= 4 is 22.7 Å². The molecule has 5 heteroatoms. The van der Waals surface area contributed by atoms with Gasteiger partial charge >= 0.3 is 0 Å². The van der Waals surface area contributed by atoms with Gasteiger partial charge in [-0.05, 0) is 42.5 Å². The first-order chi connectivity index (χ1) is 8.69. The molecule has 0 aliphatic carbocycles. The van der Waals surface area contributed by atoms with Crippen molar-refractivity contribution < 1.29 is 4.74 Å². The largest absolute Gasteiger partial charge is 0.497 e. The molecule has 4 N–H and O–H groups in total. The second-order valence-corrected chi connectivity index (χ2v) is 3.72. The van der Waals surface area contributed by atoms with Crippen LogP contribution in [0.3, 0.4) is 0 Å². The minimum atomic E-state index is 0.507. The van der Waals surface area contributed by atoms with Gasteiger partial charge in [0.2, 0.25) is 0 Å². The van der Waals surface area contributed by atoms with Crippen molar-refractivity contribution in [3.8, 4) is 5.75 Å². The number of anilines is 2. The van der Waals surface area contributed by atoms with Crippen LogP contribution in [-0.2, 0) is 0 Å². The number of nitrogens with zero attached hydrogens (tertiary/aromatic N) is 2. The van der Waals surface area contributed by atoms with E-state index < -0.39 is 0 Å². The summed E-state index contributed by atoms with van der Waals surface area (Å²) in [7, 11) is 1.62. The third-order valence-electron chi connectivity index (χ3n) is 2.40. The number of benzene rings is 2. The molecule has 0 aliphatic rings. The number of azo groups is 1. The van der Waals surface area contributed by atoms with Gasteiger partial charge in [0.25, 0.3) is 0 Å². The Bertz CT molecular complexity index is 564. The molecule has 0 radical (unpaired) electrons. The second-order valence-electron chi connectivity index (χ2n) is 3.72. The number of ether oxygens (including phenoxy) is 1. The molecule has 0 heterocycles. The lowest BCUT2D eigenvalue weighted by Gasteiger charge is -2.00. The maximum absolute atomic E-state index is 5.78. The number of hydrogen-bond acceptors (Lipinski definition) is 5. The summed E-state index contributed by atoms with van der Waals surface area (Å²) in [4.78, 5) is 0. The third-order valence-corrected chi connectivity index (χ3v) is 2.40. The summed E-state index contributed by atoms with van der Waals surface area (Å²) < 4.78 is 5.06. The first kappa shape index (κ1) is 11.9. The summed E-state index contributed by atoms with van der Waals surface area (Å²) in [6, 6.07) is 12.4. The lowest BCUT2D eigenvalue weighted by molar-refractivity contribution is 0.415. The van der Waals surface area contributed by atoms with Gasteiger partial charge < -0.3 is 16.2 Å². The molecule has 5 nitrogen and oxygen atoms in total. The molecule has 0 aromatic heterocycles. The predicted octanol–water partition coefficient (Wildman–Crippen LogP) is 3.27. The van der Waals surface area contributed by atoms with Crippen LogP contribution < -0.4 is 16.2 Å². The molecule has 0 aliphatic heterocycles. The zero-order chi connectivity index (χ0) is 13.0. The Hall–Kier alpha value is -2.56. The number of nitrogen functional groups attached to an aromatic ring is 2. The van der Waals surface area contributed by atoms with E-state index in [0.717, 1.165) is 11.4 Å². The average Bonchev–Trinajstić information content (AvgIpc) is 2.38. The standard InChI is InChI=1S/C13H14N4O/c1-18-11-5-3-10(4-6-11)16-17-13-7-2-9(14)8-12(13)15/h2-8H,14-15H2,1H3/b17-16+. The van der Waals surface area contributed by atoms with E-state index in [1.54, 1.807) is 25.3 Å². The normalized spacial score (nSPS) is 10.7. The lowest BCUT2D eigenvalue weighted by atomic mass is 10.2. The van der Waals surface area contributed by atoms with E-state index >= 15 is 0 Å². The molecule has 18 heavy (non-hydrogen) atoms. The Kier molecular flexibility index (Phi) is 3.43. The highest BCUT2D eigenvalue weighted by molar-refractivity contribution is 5.67. The first-order valence-electron chi connectivity index (χ1n) is 5.40. The van der Waals surface area contributed by atoms with Crippen LogP contribution in [0.15, 0.2) is 52.7 Å². The van der Waals surface area contributed by atoms with E-state index in [1.165, 1.54) is 0 Å². The Morgan fingerprint density at radius 1 is 0.944 bits per heavy atom. The van der Waals surface area contributed by atoms with E-state index in [-0.39, 0.29) is 0 Å². The van der Waals surface area contributed by atoms with Gasteiger partial charge in [-0.15, -0.1) is 5.11 Å². The molecule has 0 atom stereocenters. The van der Waals surface area contributed by atoms with Gasteiger partial charge in [-0.1, -0.05) is 0 Å². The van der Waals surface area contributed by atoms with E-state index in [9.17, 15) is 0 Å². The monoisotopic (exact) mass is 242 g/mol. The highest BCUT2D eigenvalue weighted by Crippen LogP contribution is 2.26. The minimum Gasteiger partial charge on any atom is -0.497 e. The van der Waals surface area contributed by atoms with Gasteiger partial charge in [0, 0.05) is 5.69 Å². The van der Waals surface area contributed by atoms with Crippen LogP contribution in [-0.4, -0.2) is 7.11 Å². The van der Waals surface area contributed by atoms with Gasteiger partial charge in [0.05, 0.1) is 18.5 Å². The van der Waals surface area contributed by atoms with Crippen molar-refractivity contribution in [2.45, 2.75) is 0 Å². The highest BCUT2D eigenvalue weighted by atomic mass is 16.5. The van der Waals surface area contributed by atoms with Crippen LogP contribution in [0, 0.1) is 0 Å². The number of methoxy groups -OCH3 is 1. The van der Waals surface area contributed by atoms with E-state index in [0.29, 0.717) is 17.1 Å². The third kappa shape index (κ3) is 2.76. The smallest absolute Gasteiger partial charge is 0.119 e. The molecular formula is C13H14N4O. The second kappa shape index (κ2) is 5.18.